The SMILES string of the molecule is Cc1cc(O)c(C(C)C)cc1NC(=O)c1ccn(COc2ccc(C(C)C)cc2)n1. The molecule has 6 heteroatoms. The van der Waals surface area contributed by atoms with Gasteiger partial charge in [-0.15, -0.1) is 0 Å². The molecule has 1 amide bonds. The summed E-state index contributed by atoms with van der Waals surface area (Å²) in [7, 11) is 0. The molecule has 0 fully saturated rings. The minimum absolute atomic E-state index is 0.146. The Morgan fingerprint density at radius 3 is 2.43 bits per heavy atom. The standard InChI is InChI=1S/C24H29N3O3/c1-15(2)18-6-8-19(9-7-18)30-14-27-11-10-21(26-27)24(29)25-22-13-20(16(3)4)23(28)12-17(22)5/h6-13,15-16,28H,14H2,1-5H3,(H,25,29). The van der Waals surface area contributed by atoms with Crippen molar-refractivity contribution in [3.8, 4) is 11.5 Å². The number of aromatic nitrogens is 2. The molecular weight excluding hydrogens is 378 g/mol. The van der Waals surface area contributed by atoms with Crippen LogP contribution in [0.5, 0.6) is 11.5 Å². The summed E-state index contributed by atoms with van der Waals surface area (Å²) in [4.78, 5) is 12.6. The topological polar surface area (TPSA) is 76.4 Å². The van der Waals surface area contributed by atoms with Crippen LogP contribution < -0.4 is 10.1 Å². The molecule has 158 valence electrons. The maximum absolute atomic E-state index is 12.6. The van der Waals surface area contributed by atoms with Crippen LogP contribution in [0.4, 0.5) is 5.69 Å². The number of hydrogen-bond donors (Lipinski definition) is 2. The second-order valence-corrected chi connectivity index (χ2v) is 8.07. The average Bonchev–Trinajstić information content (AvgIpc) is 3.17. The number of hydrogen-bond acceptors (Lipinski definition) is 4. The fraction of sp³-hybridized carbons (Fsp3) is 0.333. The van der Waals surface area contributed by atoms with Crippen LogP contribution in [0.25, 0.3) is 0 Å². The van der Waals surface area contributed by atoms with Crippen LogP contribution in [0.3, 0.4) is 0 Å². The van der Waals surface area contributed by atoms with Gasteiger partial charge in [-0.05, 0) is 65.8 Å². The monoisotopic (exact) mass is 407 g/mol. The summed E-state index contributed by atoms with van der Waals surface area (Å²) in [5, 5.41) is 17.3. The molecule has 30 heavy (non-hydrogen) atoms. The zero-order valence-corrected chi connectivity index (χ0v) is 18.1. The number of rotatable bonds is 7. The molecule has 6 nitrogen and oxygen atoms in total. The van der Waals surface area contributed by atoms with Gasteiger partial charge in [-0.1, -0.05) is 39.8 Å². The Hall–Kier alpha value is -3.28. The maximum atomic E-state index is 12.6. The number of phenols is 1. The highest BCUT2D eigenvalue weighted by Gasteiger charge is 2.15. The smallest absolute Gasteiger partial charge is 0.276 e. The number of aryl methyl sites for hydroxylation is 1. The summed E-state index contributed by atoms with van der Waals surface area (Å²) in [6.45, 7) is 10.3. The molecule has 3 rings (SSSR count). The lowest BCUT2D eigenvalue weighted by atomic mass is 9.99. The van der Waals surface area contributed by atoms with Gasteiger partial charge in [0.15, 0.2) is 12.4 Å². The quantitative estimate of drug-likeness (QED) is 0.512. The number of carbonyl (C=O) groups excluding carboxylic acids is 1. The lowest BCUT2D eigenvalue weighted by molar-refractivity contribution is 0.102. The van der Waals surface area contributed by atoms with Gasteiger partial charge in [-0.3, -0.25) is 4.79 Å². The van der Waals surface area contributed by atoms with Gasteiger partial charge in [0.05, 0.1) is 0 Å². The Labute approximate surface area is 177 Å². The predicted molar refractivity (Wildman–Crippen MR) is 118 cm³/mol. The molecular formula is C24H29N3O3. The summed E-state index contributed by atoms with van der Waals surface area (Å²) in [6, 6.07) is 13.1. The van der Waals surface area contributed by atoms with Crippen LogP contribution in [0.1, 0.15) is 66.7 Å². The first-order valence-electron chi connectivity index (χ1n) is 10.2. The number of nitrogens with zero attached hydrogens (tertiary/aromatic N) is 2. The number of ether oxygens (including phenoxy) is 1. The molecule has 0 atom stereocenters. The van der Waals surface area contributed by atoms with Gasteiger partial charge in [0.1, 0.15) is 11.5 Å². The van der Waals surface area contributed by atoms with E-state index < -0.39 is 0 Å². The molecule has 0 aliphatic carbocycles. The first kappa shape index (κ1) is 21.4. The van der Waals surface area contributed by atoms with E-state index in [1.807, 2.05) is 51.1 Å². The van der Waals surface area contributed by atoms with Crippen molar-refractivity contribution in [3.63, 3.8) is 0 Å². The lowest BCUT2D eigenvalue weighted by Gasteiger charge is -2.14. The Balaban J connectivity index is 1.64. The van der Waals surface area contributed by atoms with Crippen molar-refractivity contribution in [1.29, 1.82) is 0 Å². The maximum Gasteiger partial charge on any atom is 0.276 e. The summed E-state index contributed by atoms with van der Waals surface area (Å²) in [5.41, 5.74) is 3.80. The second kappa shape index (κ2) is 9.03. The zero-order chi connectivity index (χ0) is 21.8. The van der Waals surface area contributed by atoms with Crippen LogP contribution in [-0.4, -0.2) is 20.8 Å². The molecule has 1 aromatic heterocycles. The average molecular weight is 408 g/mol. The third-order valence-corrected chi connectivity index (χ3v) is 5.03. The molecule has 1 heterocycles. The molecule has 0 saturated carbocycles. The van der Waals surface area contributed by atoms with Gasteiger partial charge in [0.2, 0.25) is 0 Å². The summed E-state index contributed by atoms with van der Waals surface area (Å²) in [6.07, 6.45) is 1.71. The summed E-state index contributed by atoms with van der Waals surface area (Å²) >= 11 is 0. The number of nitrogens with one attached hydrogen (secondary N) is 1. The minimum Gasteiger partial charge on any atom is -0.508 e. The van der Waals surface area contributed by atoms with Gasteiger partial charge in [0, 0.05) is 11.9 Å². The van der Waals surface area contributed by atoms with E-state index in [0.717, 1.165) is 16.9 Å². The van der Waals surface area contributed by atoms with Gasteiger partial charge in [-0.2, -0.15) is 5.10 Å². The summed E-state index contributed by atoms with van der Waals surface area (Å²) in [5.74, 6) is 1.30. The van der Waals surface area contributed by atoms with E-state index in [1.165, 1.54) is 5.56 Å². The van der Waals surface area contributed by atoms with Crippen molar-refractivity contribution in [2.45, 2.75) is 53.2 Å². The van der Waals surface area contributed by atoms with E-state index in [4.69, 9.17) is 4.74 Å². The van der Waals surface area contributed by atoms with Crippen molar-refractivity contribution >= 4 is 11.6 Å². The minimum atomic E-state index is -0.307. The van der Waals surface area contributed by atoms with Crippen LogP contribution >= 0.6 is 0 Å². The van der Waals surface area contributed by atoms with E-state index in [-0.39, 0.29) is 24.3 Å². The Morgan fingerprint density at radius 2 is 1.80 bits per heavy atom. The number of phenolic OH excluding ortho intramolecular Hbond substituents is 1. The van der Waals surface area contributed by atoms with Crippen molar-refractivity contribution in [1.82, 2.24) is 9.78 Å². The highest BCUT2D eigenvalue weighted by atomic mass is 16.5. The van der Waals surface area contributed by atoms with Crippen LogP contribution in [0, 0.1) is 6.92 Å². The Bertz CT molecular complexity index is 1020. The fourth-order valence-corrected chi connectivity index (χ4v) is 3.14. The number of benzene rings is 2. The van der Waals surface area contributed by atoms with Crippen molar-refractivity contribution in [2.24, 2.45) is 0 Å². The van der Waals surface area contributed by atoms with E-state index in [9.17, 15) is 9.90 Å². The van der Waals surface area contributed by atoms with Gasteiger partial charge in [-0.25, -0.2) is 4.68 Å². The van der Waals surface area contributed by atoms with Crippen molar-refractivity contribution in [3.05, 3.63) is 71.0 Å². The van der Waals surface area contributed by atoms with E-state index in [0.29, 0.717) is 17.3 Å². The van der Waals surface area contributed by atoms with E-state index >= 15 is 0 Å². The van der Waals surface area contributed by atoms with Crippen LogP contribution in [0.2, 0.25) is 0 Å². The number of carbonyl (C=O) groups is 1. The molecule has 3 aromatic rings. The molecule has 0 spiro atoms. The first-order chi connectivity index (χ1) is 14.2. The number of anilines is 1. The predicted octanol–water partition coefficient (Wildman–Crippen LogP) is 5.43. The highest BCUT2D eigenvalue weighted by molar-refractivity contribution is 6.03. The fourth-order valence-electron chi connectivity index (χ4n) is 3.14. The normalized spacial score (nSPS) is 11.2. The molecule has 0 unspecified atom stereocenters. The van der Waals surface area contributed by atoms with Crippen LogP contribution in [0.15, 0.2) is 48.7 Å². The number of aromatic hydroxyl groups is 1. The van der Waals surface area contributed by atoms with Crippen molar-refractivity contribution < 1.29 is 14.6 Å². The molecule has 0 aliphatic rings. The molecule has 2 N–H and O–H groups in total. The van der Waals surface area contributed by atoms with Crippen molar-refractivity contribution in [2.75, 3.05) is 5.32 Å². The Morgan fingerprint density at radius 1 is 1.10 bits per heavy atom. The summed E-state index contributed by atoms with van der Waals surface area (Å²) < 4.78 is 7.33. The zero-order valence-electron chi connectivity index (χ0n) is 18.1. The van der Waals surface area contributed by atoms with Crippen LogP contribution in [-0.2, 0) is 6.73 Å². The Kier molecular flexibility index (Phi) is 6.45. The first-order valence-corrected chi connectivity index (χ1v) is 10.2. The highest BCUT2D eigenvalue weighted by Crippen LogP contribution is 2.31. The molecule has 0 saturated heterocycles. The third-order valence-electron chi connectivity index (χ3n) is 5.03. The van der Waals surface area contributed by atoms with Gasteiger partial charge in [0.25, 0.3) is 5.91 Å². The number of amides is 1. The third kappa shape index (κ3) is 5.00. The van der Waals surface area contributed by atoms with E-state index in [2.05, 4.69) is 24.3 Å². The van der Waals surface area contributed by atoms with Gasteiger partial charge >= 0.3 is 0 Å². The van der Waals surface area contributed by atoms with Gasteiger partial charge < -0.3 is 15.2 Å². The molecule has 2 aromatic carbocycles. The molecule has 0 radical (unpaired) electrons. The molecule has 0 aliphatic heterocycles. The second-order valence-electron chi connectivity index (χ2n) is 8.07. The lowest BCUT2D eigenvalue weighted by Crippen LogP contribution is -2.15. The largest absolute Gasteiger partial charge is 0.508 e. The molecule has 0 bridgehead atoms. The van der Waals surface area contributed by atoms with E-state index in [1.54, 1.807) is 23.0 Å².